The Labute approximate surface area is 130 Å². The summed E-state index contributed by atoms with van der Waals surface area (Å²) < 4.78 is 18.3. The second kappa shape index (κ2) is 7.92. The number of hydrogen-bond donors (Lipinski definition) is 2. The third-order valence-corrected chi connectivity index (χ3v) is 3.59. The second-order valence-corrected chi connectivity index (χ2v) is 5.43. The Balaban J connectivity index is 1.82. The predicted molar refractivity (Wildman–Crippen MR) is 85.5 cm³/mol. The molecule has 0 heterocycles. The van der Waals surface area contributed by atoms with Crippen LogP contribution in [0.25, 0.3) is 0 Å². The number of methoxy groups -OCH3 is 1. The fraction of sp³-hybridized carbons (Fsp3) is 0.333. The van der Waals surface area contributed by atoms with Gasteiger partial charge in [-0.05, 0) is 48.7 Å². The van der Waals surface area contributed by atoms with E-state index in [-0.39, 0.29) is 11.9 Å². The van der Waals surface area contributed by atoms with Crippen LogP contribution in [-0.2, 0) is 6.42 Å². The fourth-order valence-electron chi connectivity index (χ4n) is 2.33. The minimum absolute atomic E-state index is 0.205. The van der Waals surface area contributed by atoms with Gasteiger partial charge in [0, 0.05) is 12.6 Å². The molecule has 118 valence electrons. The van der Waals surface area contributed by atoms with Crippen molar-refractivity contribution in [1.82, 2.24) is 5.32 Å². The van der Waals surface area contributed by atoms with Crippen LogP contribution in [0.1, 0.15) is 24.2 Å². The lowest BCUT2D eigenvalue weighted by atomic mass is 10.1. The van der Waals surface area contributed by atoms with Gasteiger partial charge in [0.1, 0.15) is 11.6 Å². The van der Waals surface area contributed by atoms with Gasteiger partial charge >= 0.3 is 0 Å². The zero-order chi connectivity index (χ0) is 15.9. The quantitative estimate of drug-likeness (QED) is 0.826. The average Bonchev–Trinajstić information content (AvgIpc) is 2.53. The third-order valence-electron chi connectivity index (χ3n) is 3.59. The first-order chi connectivity index (χ1) is 10.6. The summed E-state index contributed by atoms with van der Waals surface area (Å²) in [6.07, 6.45) is 0.133. The van der Waals surface area contributed by atoms with Gasteiger partial charge in [-0.15, -0.1) is 0 Å². The van der Waals surface area contributed by atoms with E-state index in [4.69, 9.17) is 4.74 Å². The van der Waals surface area contributed by atoms with Crippen LogP contribution >= 0.6 is 0 Å². The van der Waals surface area contributed by atoms with E-state index in [2.05, 4.69) is 12.2 Å². The molecule has 2 atom stereocenters. The summed E-state index contributed by atoms with van der Waals surface area (Å²) in [4.78, 5) is 0. The SMILES string of the molecule is COc1ccc(CC(C)NCC(O)c2cccc(F)c2)cc1. The molecule has 0 aliphatic carbocycles. The topological polar surface area (TPSA) is 41.5 Å². The van der Waals surface area contributed by atoms with Gasteiger partial charge in [0.05, 0.1) is 13.2 Å². The molecule has 0 saturated carbocycles. The Bertz CT molecular complexity index is 586. The molecule has 0 radical (unpaired) electrons. The molecule has 2 rings (SSSR count). The molecule has 2 unspecified atom stereocenters. The summed E-state index contributed by atoms with van der Waals surface area (Å²) in [5.74, 6) is 0.508. The molecule has 0 amide bonds. The largest absolute Gasteiger partial charge is 0.497 e. The van der Waals surface area contributed by atoms with E-state index in [9.17, 15) is 9.50 Å². The number of halogens is 1. The summed E-state index contributed by atoms with van der Waals surface area (Å²) in [5.41, 5.74) is 1.78. The van der Waals surface area contributed by atoms with Crippen molar-refractivity contribution in [3.05, 3.63) is 65.5 Å². The van der Waals surface area contributed by atoms with E-state index in [0.717, 1.165) is 12.2 Å². The number of aliphatic hydroxyl groups excluding tert-OH is 1. The van der Waals surface area contributed by atoms with E-state index in [1.165, 1.54) is 17.7 Å². The van der Waals surface area contributed by atoms with Gasteiger partial charge in [0.2, 0.25) is 0 Å². The molecule has 3 nitrogen and oxygen atoms in total. The first kappa shape index (κ1) is 16.5. The van der Waals surface area contributed by atoms with E-state index in [1.54, 1.807) is 19.2 Å². The van der Waals surface area contributed by atoms with Crippen molar-refractivity contribution in [2.24, 2.45) is 0 Å². The molecule has 0 fully saturated rings. The smallest absolute Gasteiger partial charge is 0.123 e. The summed E-state index contributed by atoms with van der Waals surface area (Å²) in [6.45, 7) is 2.45. The molecule has 0 saturated heterocycles. The van der Waals surface area contributed by atoms with Crippen molar-refractivity contribution in [3.8, 4) is 5.75 Å². The Morgan fingerprint density at radius 2 is 1.91 bits per heavy atom. The second-order valence-electron chi connectivity index (χ2n) is 5.43. The maximum Gasteiger partial charge on any atom is 0.123 e. The van der Waals surface area contributed by atoms with Crippen molar-refractivity contribution in [1.29, 1.82) is 0 Å². The first-order valence-electron chi connectivity index (χ1n) is 7.38. The number of benzene rings is 2. The van der Waals surface area contributed by atoms with Crippen LogP contribution in [0.5, 0.6) is 5.75 Å². The highest BCUT2D eigenvalue weighted by Gasteiger charge is 2.10. The van der Waals surface area contributed by atoms with E-state index >= 15 is 0 Å². The number of aliphatic hydroxyl groups is 1. The van der Waals surface area contributed by atoms with Gasteiger partial charge < -0.3 is 15.2 Å². The molecule has 2 aromatic carbocycles. The van der Waals surface area contributed by atoms with E-state index < -0.39 is 6.10 Å². The van der Waals surface area contributed by atoms with Crippen molar-refractivity contribution < 1.29 is 14.2 Å². The van der Waals surface area contributed by atoms with Crippen molar-refractivity contribution in [2.75, 3.05) is 13.7 Å². The van der Waals surface area contributed by atoms with Crippen LogP contribution in [-0.4, -0.2) is 24.8 Å². The third kappa shape index (κ3) is 4.83. The van der Waals surface area contributed by atoms with Crippen LogP contribution in [0, 0.1) is 5.82 Å². The van der Waals surface area contributed by atoms with Gasteiger partial charge in [-0.1, -0.05) is 24.3 Å². The molecule has 0 aliphatic rings. The highest BCUT2D eigenvalue weighted by atomic mass is 19.1. The molecule has 4 heteroatoms. The minimum Gasteiger partial charge on any atom is -0.497 e. The molecule has 2 N–H and O–H groups in total. The highest BCUT2D eigenvalue weighted by molar-refractivity contribution is 5.27. The van der Waals surface area contributed by atoms with Gasteiger partial charge in [-0.25, -0.2) is 4.39 Å². The van der Waals surface area contributed by atoms with Crippen LogP contribution in [0.4, 0.5) is 4.39 Å². The maximum atomic E-state index is 13.1. The van der Waals surface area contributed by atoms with E-state index in [1.807, 2.05) is 24.3 Å². The molecular formula is C18H22FNO2. The Kier molecular flexibility index (Phi) is 5.92. The molecule has 0 spiro atoms. The van der Waals surface area contributed by atoms with Crippen LogP contribution < -0.4 is 10.1 Å². The van der Waals surface area contributed by atoms with E-state index in [0.29, 0.717) is 12.1 Å². The Morgan fingerprint density at radius 3 is 2.55 bits per heavy atom. The Morgan fingerprint density at radius 1 is 1.18 bits per heavy atom. The minimum atomic E-state index is -0.714. The van der Waals surface area contributed by atoms with Gasteiger partial charge in [-0.3, -0.25) is 0 Å². The van der Waals surface area contributed by atoms with Crippen LogP contribution in [0.3, 0.4) is 0 Å². The van der Waals surface area contributed by atoms with Gasteiger partial charge in [0.15, 0.2) is 0 Å². The molecule has 22 heavy (non-hydrogen) atoms. The van der Waals surface area contributed by atoms with Crippen LogP contribution in [0.15, 0.2) is 48.5 Å². The van der Waals surface area contributed by atoms with Crippen molar-refractivity contribution in [3.63, 3.8) is 0 Å². The number of hydrogen-bond acceptors (Lipinski definition) is 3. The molecular weight excluding hydrogens is 281 g/mol. The number of nitrogens with one attached hydrogen (secondary N) is 1. The maximum absolute atomic E-state index is 13.1. The fourth-order valence-corrected chi connectivity index (χ4v) is 2.33. The summed E-state index contributed by atoms with van der Waals surface area (Å²) >= 11 is 0. The number of ether oxygens (including phenoxy) is 1. The zero-order valence-electron chi connectivity index (χ0n) is 12.9. The summed E-state index contributed by atoms with van der Waals surface area (Å²) in [7, 11) is 1.65. The predicted octanol–water partition coefficient (Wildman–Crippen LogP) is 3.09. The first-order valence-corrected chi connectivity index (χ1v) is 7.38. The lowest BCUT2D eigenvalue weighted by Crippen LogP contribution is -2.32. The van der Waals surface area contributed by atoms with Crippen LogP contribution in [0.2, 0.25) is 0 Å². The highest BCUT2D eigenvalue weighted by Crippen LogP contribution is 2.15. The lowest BCUT2D eigenvalue weighted by molar-refractivity contribution is 0.170. The number of rotatable bonds is 7. The summed E-state index contributed by atoms with van der Waals surface area (Å²) in [5, 5.41) is 13.4. The lowest BCUT2D eigenvalue weighted by Gasteiger charge is -2.17. The van der Waals surface area contributed by atoms with Crippen molar-refractivity contribution >= 4 is 0 Å². The standard InChI is InChI=1S/C18H22FNO2/c1-13(10-14-6-8-17(22-2)9-7-14)20-12-18(21)15-4-3-5-16(19)11-15/h3-9,11,13,18,20-21H,10,12H2,1-2H3. The summed E-state index contributed by atoms with van der Waals surface area (Å²) in [6, 6.07) is 14.2. The monoisotopic (exact) mass is 303 g/mol. The molecule has 0 bridgehead atoms. The van der Waals surface area contributed by atoms with Crippen molar-refractivity contribution in [2.45, 2.75) is 25.5 Å². The van der Waals surface area contributed by atoms with Gasteiger partial charge in [0.25, 0.3) is 0 Å². The Hall–Kier alpha value is -1.91. The zero-order valence-corrected chi connectivity index (χ0v) is 12.9. The average molecular weight is 303 g/mol. The molecule has 0 aromatic heterocycles. The molecule has 2 aromatic rings. The normalized spacial score (nSPS) is 13.6. The van der Waals surface area contributed by atoms with Gasteiger partial charge in [-0.2, -0.15) is 0 Å². The molecule has 0 aliphatic heterocycles.